The average Bonchev–Trinajstić information content (AvgIpc) is 2.41. The number of hydrogen-bond donors (Lipinski definition) is 1. The molecule has 1 atom stereocenters. The summed E-state index contributed by atoms with van der Waals surface area (Å²) in [6, 6.07) is 8.93. The van der Waals surface area contributed by atoms with Crippen LogP contribution >= 0.6 is 11.6 Å². The smallest absolute Gasteiger partial charge is 0.387 e. The maximum Gasteiger partial charge on any atom is 0.387 e. The van der Waals surface area contributed by atoms with Crippen LogP contribution in [-0.2, 0) is 0 Å². The molecule has 2 N–H and O–H groups in total. The summed E-state index contributed by atoms with van der Waals surface area (Å²) in [5.41, 5.74) is 6.60. The van der Waals surface area contributed by atoms with Crippen LogP contribution in [0.1, 0.15) is 17.2 Å². The van der Waals surface area contributed by atoms with E-state index >= 15 is 0 Å². The van der Waals surface area contributed by atoms with Crippen LogP contribution in [-0.4, -0.2) is 6.61 Å². The quantitative estimate of drug-likeness (QED) is 0.921. The Bertz CT molecular complexity index is 607. The zero-order chi connectivity index (χ0) is 14.7. The third kappa shape index (κ3) is 3.23. The predicted octanol–water partition coefficient (Wildman–Crippen LogP) is 4.13. The molecule has 0 bridgehead atoms. The van der Waals surface area contributed by atoms with E-state index in [1.165, 1.54) is 30.3 Å². The van der Waals surface area contributed by atoms with Crippen molar-refractivity contribution in [1.29, 1.82) is 0 Å². The van der Waals surface area contributed by atoms with Crippen molar-refractivity contribution in [2.45, 2.75) is 12.7 Å². The average molecular weight is 302 g/mol. The predicted molar refractivity (Wildman–Crippen MR) is 70.5 cm³/mol. The van der Waals surface area contributed by atoms with Gasteiger partial charge >= 0.3 is 6.61 Å². The molecule has 20 heavy (non-hydrogen) atoms. The Balaban J connectivity index is 2.42. The van der Waals surface area contributed by atoms with E-state index in [1.54, 1.807) is 12.1 Å². The molecule has 0 fully saturated rings. The van der Waals surface area contributed by atoms with Gasteiger partial charge in [-0.2, -0.15) is 8.78 Å². The van der Waals surface area contributed by atoms with E-state index in [1.807, 2.05) is 0 Å². The molecular weight excluding hydrogens is 291 g/mol. The summed E-state index contributed by atoms with van der Waals surface area (Å²) in [6.07, 6.45) is 0. The second-order valence-corrected chi connectivity index (χ2v) is 4.47. The molecule has 0 amide bonds. The van der Waals surface area contributed by atoms with Gasteiger partial charge < -0.3 is 10.5 Å². The van der Waals surface area contributed by atoms with Gasteiger partial charge in [0.15, 0.2) is 0 Å². The van der Waals surface area contributed by atoms with Crippen molar-refractivity contribution >= 4 is 11.6 Å². The van der Waals surface area contributed by atoms with Gasteiger partial charge in [-0.05, 0) is 29.8 Å². The second kappa shape index (κ2) is 6.15. The van der Waals surface area contributed by atoms with E-state index in [2.05, 4.69) is 4.74 Å². The van der Waals surface area contributed by atoms with Crippen molar-refractivity contribution in [2.24, 2.45) is 5.73 Å². The third-order valence-corrected chi connectivity index (χ3v) is 3.11. The molecule has 0 heterocycles. The molecule has 6 heteroatoms. The molecule has 0 saturated carbocycles. The Morgan fingerprint density at radius 3 is 2.45 bits per heavy atom. The Labute approximate surface area is 118 Å². The minimum atomic E-state index is -2.97. The minimum absolute atomic E-state index is 0.0599. The van der Waals surface area contributed by atoms with E-state index in [-0.39, 0.29) is 10.8 Å². The first-order valence-corrected chi connectivity index (χ1v) is 6.11. The highest BCUT2D eigenvalue weighted by Gasteiger charge is 2.19. The van der Waals surface area contributed by atoms with Gasteiger partial charge in [-0.1, -0.05) is 29.8 Å². The van der Waals surface area contributed by atoms with Gasteiger partial charge in [-0.15, -0.1) is 0 Å². The molecule has 2 aromatic rings. The topological polar surface area (TPSA) is 35.2 Å². The minimum Gasteiger partial charge on any atom is -0.434 e. The fraction of sp³-hybridized carbons (Fsp3) is 0.143. The molecule has 0 aromatic heterocycles. The number of alkyl halides is 2. The van der Waals surface area contributed by atoms with E-state index in [9.17, 15) is 13.2 Å². The van der Waals surface area contributed by atoms with Crippen LogP contribution in [0, 0.1) is 5.82 Å². The normalized spacial score (nSPS) is 12.5. The standard InChI is InChI=1S/C14H11ClF3NO/c15-11-6-5-8(16)7-10(11)13(19)9-3-1-2-4-12(9)20-14(17)18/h1-7,13-14H,19H2. The number of halogens is 4. The zero-order valence-corrected chi connectivity index (χ0v) is 10.9. The molecule has 0 aliphatic carbocycles. The highest BCUT2D eigenvalue weighted by Crippen LogP contribution is 2.32. The number of para-hydroxylation sites is 1. The van der Waals surface area contributed by atoms with E-state index in [4.69, 9.17) is 17.3 Å². The molecule has 0 aliphatic heterocycles. The maximum atomic E-state index is 13.3. The van der Waals surface area contributed by atoms with Gasteiger partial charge in [0, 0.05) is 10.6 Å². The van der Waals surface area contributed by atoms with Crippen molar-refractivity contribution in [3.63, 3.8) is 0 Å². The monoisotopic (exact) mass is 301 g/mol. The summed E-state index contributed by atoms with van der Waals surface area (Å²) < 4.78 is 42.4. The van der Waals surface area contributed by atoms with Crippen molar-refractivity contribution in [2.75, 3.05) is 0 Å². The number of rotatable bonds is 4. The van der Waals surface area contributed by atoms with Crippen LogP contribution < -0.4 is 10.5 Å². The number of benzene rings is 2. The van der Waals surface area contributed by atoms with E-state index in [0.29, 0.717) is 11.1 Å². The lowest BCUT2D eigenvalue weighted by Gasteiger charge is -2.18. The Kier molecular flexibility index (Phi) is 4.52. The fourth-order valence-corrected chi connectivity index (χ4v) is 2.10. The van der Waals surface area contributed by atoms with Crippen LogP contribution in [0.25, 0.3) is 0 Å². The summed E-state index contributed by atoms with van der Waals surface area (Å²) in [7, 11) is 0. The van der Waals surface area contributed by atoms with E-state index in [0.717, 1.165) is 0 Å². The molecular formula is C14H11ClF3NO. The first-order valence-electron chi connectivity index (χ1n) is 5.73. The Morgan fingerprint density at radius 2 is 1.75 bits per heavy atom. The highest BCUT2D eigenvalue weighted by atomic mass is 35.5. The number of ether oxygens (including phenoxy) is 1. The van der Waals surface area contributed by atoms with Gasteiger partial charge in [0.1, 0.15) is 11.6 Å². The fourth-order valence-electron chi connectivity index (χ4n) is 1.86. The van der Waals surface area contributed by atoms with Crippen LogP contribution in [0.15, 0.2) is 42.5 Å². The highest BCUT2D eigenvalue weighted by molar-refractivity contribution is 6.31. The van der Waals surface area contributed by atoms with Gasteiger partial charge in [-0.3, -0.25) is 0 Å². The first-order chi connectivity index (χ1) is 9.49. The number of hydrogen-bond acceptors (Lipinski definition) is 2. The molecule has 2 aromatic carbocycles. The zero-order valence-electron chi connectivity index (χ0n) is 10.2. The van der Waals surface area contributed by atoms with Crippen molar-refractivity contribution in [3.05, 3.63) is 64.4 Å². The van der Waals surface area contributed by atoms with Crippen molar-refractivity contribution in [3.8, 4) is 5.75 Å². The lowest BCUT2D eigenvalue weighted by Crippen LogP contribution is -2.15. The SMILES string of the molecule is NC(c1cc(F)ccc1Cl)c1ccccc1OC(F)F. The van der Waals surface area contributed by atoms with Crippen LogP contribution in [0.5, 0.6) is 5.75 Å². The summed E-state index contributed by atoms with van der Waals surface area (Å²) in [6.45, 7) is -2.97. The summed E-state index contributed by atoms with van der Waals surface area (Å²) in [5, 5.41) is 0.255. The molecule has 0 aliphatic rings. The van der Waals surface area contributed by atoms with Crippen LogP contribution in [0.3, 0.4) is 0 Å². The van der Waals surface area contributed by atoms with Gasteiger partial charge in [0.2, 0.25) is 0 Å². The molecule has 0 saturated heterocycles. The molecule has 0 radical (unpaired) electrons. The maximum absolute atomic E-state index is 13.3. The summed E-state index contributed by atoms with van der Waals surface area (Å²) in [5.74, 6) is -0.567. The summed E-state index contributed by atoms with van der Waals surface area (Å²) >= 11 is 5.96. The lowest BCUT2D eigenvalue weighted by molar-refractivity contribution is -0.0505. The largest absolute Gasteiger partial charge is 0.434 e. The Hall–Kier alpha value is -1.72. The molecule has 2 nitrogen and oxygen atoms in total. The second-order valence-electron chi connectivity index (χ2n) is 4.06. The Morgan fingerprint density at radius 1 is 1.05 bits per heavy atom. The van der Waals surface area contributed by atoms with Crippen molar-refractivity contribution < 1.29 is 17.9 Å². The first kappa shape index (κ1) is 14.7. The van der Waals surface area contributed by atoms with Gasteiger partial charge in [0.25, 0.3) is 0 Å². The van der Waals surface area contributed by atoms with Gasteiger partial charge in [0.05, 0.1) is 6.04 Å². The van der Waals surface area contributed by atoms with Crippen LogP contribution in [0.4, 0.5) is 13.2 Å². The molecule has 1 unspecified atom stereocenters. The molecule has 0 spiro atoms. The van der Waals surface area contributed by atoms with Crippen molar-refractivity contribution in [1.82, 2.24) is 0 Å². The third-order valence-electron chi connectivity index (χ3n) is 2.76. The molecule has 106 valence electrons. The molecule has 2 rings (SSSR count). The number of nitrogens with two attached hydrogens (primary N) is 1. The van der Waals surface area contributed by atoms with Crippen LogP contribution in [0.2, 0.25) is 5.02 Å². The lowest BCUT2D eigenvalue weighted by atomic mass is 9.98. The van der Waals surface area contributed by atoms with E-state index < -0.39 is 18.5 Å². The summed E-state index contributed by atoms with van der Waals surface area (Å²) in [4.78, 5) is 0. The van der Waals surface area contributed by atoms with Gasteiger partial charge in [-0.25, -0.2) is 4.39 Å².